The zero-order valence-electron chi connectivity index (χ0n) is 11.5. The van der Waals surface area contributed by atoms with Gasteiger partial charge in [-0.2, -0.15) is 0 Å². The van der Waals surface area contributed by atoms with Crippen molar-refractivity contribution >= 4 is 17.7 Å². The SMILES string of the molecule is Cc1cc(C)nc(SCC(=O)NCCc2ncc[nH]2)n1. The van der Waals surface area contributed by atoms with Crippen LogP contribution in [-0.2, 0) is 11.2 Å². The summed E-state index contributed by atoms with van der Waals surface area (Å²) in [5.74, 6) is 1.17. The van der Waals surface area contributed by atoms with Crippen molar-refractivity contribution in [3.8, 4) is 0 Å². The third-order valence-corrected chi connectivity index (χ3v) is 3.38. The highest BCUT2D eigenvalue weighted by Crippen LogP contribution is 2.13. The maximum atomic E-state index is 11.7. The minimum absolute atomic E-state index is 0.0238. The van der Waals surface area contributed by atoms with Crippen molar-refractivity contribution in [2.24, 2.45) is 0 Å². The summed E-state index contributed by atoms with van der Waals surface area (Å²) < 4.78 is 0. The number of nitrogens with one attached hydrogen (secondary N) is 2. The van der Waals surface area contributed by atoms with Gasteiger partial charge in [-0.1, -0.05) is 11.8 Å². The lowest BCUT2D eigenvalue weighted by Gasteiger charge is -2.04. The predicted molar refractivity (Wildman–Crippen MR) is 77.5 cm³/mol. The monoisotopic (exact) mass is 291 g/mol. The molecule has 2 N–H and O–H groups in total. The molecule has 0 atom stereocenters. The number of H-pyrrole nitrogens is 1. The Bertz CT molecular complexity index is 550. The number of hydrogen-bond donors (Lipinski definition) is 2. The third kappa shape index (κ3) is 4.65. The molecule has 0 fully saturated rings. The first kappa shape index (κ1) is 14.5. The number of carbonyl (C=O) groups is 1. The van der Waals surface area contributed by atoms with Crippen LogP contribution < -0.4 is 5.32 Å². The summed E-state index contributed by atoms with van der Waals surface area (Å²) in [5.41, 5.74) is 1.83. The average molecular weight is 291 g/mol. The first-order valence-electron chi connectivity index (χ1n) is 6.33. The van der Waals surface area contributed by atoms with Gasteiger partial charge in [0, 0.05) is 36.7 Å². The molecule has 0 spiro atoms. The Morgan fingerprint density at radius 1 is 1.35 bits per heavy atom. The lowest BCUT2D eigenvalue weighted by atomic mass is 10.4. The highest BCUT2D eigenvalue weighted by Gasteiger charge is 2.06. The number of carbonyl (C=O) groups excluding carboxylic acids is 1. The van der Waals surface area contributed by atoms with Crippen molar-refractivity contribution < 1.29 is 4.79 Å². The molecule has 0 saturated heterocycles. The van der Waals surface area contributed by atoms with Gasteiger partial charge in [-0.25, -0.2) is 15.0 Å². The second-order valence-corrected chi connectivity index (χ2v) is 5.30. The van der Waals surface area contributed by atoms with Gasteiger partial charge in [0.25, 0.3) is 0 Å². The van der Waals surface area contributed by atoms with Crippen LogP contribution in [-0.4, -0.2) is 38.1 Å². The molecule has 2 rings (SSSR count). The molecule has 7 heteroatoms. The van der Waals surface area contributed by atoms with Gasteiger partial charge in [-0.05, 0) is 19.9 Å². The van der Waals surface area contributed by atoms with E-state index in [-0.39, 0.29) is 5.91 Å². The summed E-state index contributed by atoms with van der Waals surface area (Å²) >= 11 is 1.35. The number of hydrogen-bond acceptors (Lipinski definition) is 5. The van der Waals surface area contributed by atoms with Gasteiger partial charge in [0.1, 0.15) is 5.82 Å². The van der Waals surface area contributed by atoms with Gasteiger partial charge in [0.15, 0.2) is 5.16 Å². The van der Waals surface area contributed by atoms with E-state index in [2.05, 4.69) is 25.3 Å². The molecule has 0 aromatic carbocycles. The number of imidazole rings is 1. The molecule has 0 saturated carbocycles. The van der Waals surface area contributed by atoms with Crippen molar-refractivity contribution in [1.29, 1.82) is 0 Å². The Morgan fingerprint density at radius 3 is 2.75 bits per heavy atom. The van der Waals surface area contributed by atoms with Crippen LogP contribution in [0.5, 0.6) is 0 Å². The number of aromatic nitrogens is 4. The van der Waals surface area contributed by atoms with E-state index in [0.29, 0.717) is 23.9 Å². The van der Waals surface area contributed by atoms with E-state index in [1.807, 2.05) is 19.9 Å². The fraction of sp³-hybridized carbons (Fsp3) is 0.385. The minimum Gasteiger partial charge on any atom is -0.355 e. The predicted octanol–water partition coefficient (Wildman–Crippen LogP) is 1.27. The molecule has 2 aromatic heterocycles. The van der Waals surface area contributed by atoms with Gasteiger partial charge >= 0.3 is 0 Å². The van der Waals surface area contributed by atoms with Crippen molar-refractivity contribution in [2.75, 3.05) is 12.3 Å². The second kappa shape index (κ2) is 7.04. The molecule has 2 heterocycles. The normalized spacial score (nSPS) is 10.5. The molecule has 6 nitrogen and oxygen atoms in total. The van der Waals surface area contributed by atoms with Crippen LogP contribution in [0.25, 0.3) is 0 Å². The van der Waals surface area contributed by atoms with E-state index in [9.17, 15) is 4.79 Å². The van der Waals surface area contributed by atoms with Crippen LogP contribution in [0.15, 0.2) is 23.6 Å². The second-order valence-electron chi connectivity index (χ2n) is 4.36. The third-order valence-electron chi connectivity index (χ3n) is 2.53. The van der Waals surface area contributed by atoms with E-state index >= 15 is 0 Å². The number of nitrogens with zero attached hydrogens (tertiary/aromatic N) is 3. The van der Waals surface area contributed by atoms with Crippen LogP contribution in [0.3, 0.4) is 0 Å². The summed E-state index contributed by atoms with van der Waals surface area (Å²) in [4.78, 5) is 27.4. The topological polar surface area (TPSA) is 83.6 Å². The van der Waals surface area contributed by atoms with Crippen molar-refractivity contribution in [2.45, 2.75) is 25.4 Å². The molecule has 106 valence electrons. The molecule has 20 heavy (non-hydrogen) atoms. The van der Waals surface area contributed by atoms with Crippen molar-refractivity contribution in [1.82, 2.24) is 25.3 Å². The molecular formula is C13H17N5OS. The van der Waals surface area contributed by atoms with E-state index < -0.39 is 0 Å². The Labute approximate surface area is 121 Å². The van der Waals surface area contributed by atoms with E-state index in [0.717, 1.165) is 17.2 Å². The molecule has 0 radical (unpaired) electrons. The van der Waals surface area contributed by atoms with Gasteiger partial charge in [0.05, 0.1) is 5.75 Å². The molecule has 0 unspecified atom stereocenters. The first-order valence-corrected chi connectivity index (χ1v) is 7.32. The Balaban J connectivity index is 1.72. The Hall–Kier alpha value is -1.89. The molecule has 1 amide bonds. The number of aromatic amines is 1. The van der Waals surface area contributed by atoms with Crippen molar-refractivity contribution in [3.05, 3.63) is 35.7 Å². The first-order chi connectivity index (χ1) is 9.63. The Kier molecular flexibility index (Phi) is 5.11. The zero-order chi connectivity index (χ0) is 14.4. The van der Waals surface area contributed by atoms with Crippen molar-refractivity contribution in [3.63, 3.8) is 0 Å². The summed E-state index contributed by atoms with van der Waals surface area (Å²) in [6, 6.07) is 1.91. The fourth-order valence-corrected chi connectivity index (χ4v) is 2.47. The van der Waals surface area contributed by atoms with Gasteiger partial charge in [-0.3, -0.25) is 4.79 Å². The summed E-state index contributed by atoms with van der Waals surface area (Å²) in [6.07, 6.45) is 4.16. The number of rotatable bonds is 6. The lowest BCUT2D eigenvalue weighted by Crippen LogP contribution is -2.27. The summed E-state index contributed by atoms with van der Waals surface area (Å²) in [7, 11) is 0. The van der Waals surface area contributed by atoms with E-state index in [1.165, 1.54) is 11.8 Å². The number of thioether (sulfide) groups is 1. The van der Waals surface area contributed by atoms with Crippen LogP contribution in [0.2, 0.25) is 0 Å². The smallest absolute Gasteiger partial charge is 0.230 e. The minimum atomic E-state index is -0.0238. The van der Waals surface area contributed by atoms with Crippen LogP contribution in [0.1, 0.15) is 17.2 Å². The quantitative estimate of drug-likeness (QED) is 0.618. The standard InChI is InChI=1S/C13H17N5OS/c1-9-7-10(2)18-13(17-9)20-8-12(19)16-4-3-11-14-5-6-15-11/h5-7H,3-4,8H2,1-2H3,(H,14,15)(H,16,19). The van der Waals surface area contributed by atoms with E-state index in [4.69, 9.17) is 0 Å². The van der Waals surface area contributed by atoms with Gasteiger partial charge in [0.2, 0.25) is 5.91 Å². The molecule has 0 aliphatic carbocycles. The molecule has 2 aromatic rings. The average Bonchev–Trinajstić information content (AvgIpc) is 2.88. The lowest BCUT2D eigenvalue weighted by molar-refractivity contribution is -0.118. The number of aryl methyl sites for hydroxylation is 2. The maximum Gasteiger partial charge on any atom is 0.230 e. The van der Waals surface area contributed by atoms with Crippen LogP contribution in [0.4, 0.5) is 0 Å². The van der Waals surface area contributed by atoms with Gasteiger partial charge in [-0.15, -0.1) is 0 Å². The van der Waals surface area contributed by atoms with Crippen LogP contribution in [0, 0.1) is 13.8 Å². The van der Waals surface area contributed by atoms with Gasteiger partial charge < -0.3 is 10.3 Å². The summed E-state index contributed by atoms with van der Waals surface area (Å²) in [6.45, 7) is 4.41. The van der Waals surface area contributed by atoms with E-state index in [1.54, 1.807) is 12.4 Å². The largest absolute Gasteiger partial charge is 0.355 e. The van der Waals surface area contributed by atoms with Crippen LogP contribution >= 0.6 is 11.8 Å². The maximum absolute atomic E-state index is 11.7. The molecule has 0 aliphatic heterocycles. The highest BCUT2D eigenvalue weighted by atomic mass is 32.2. The number of amides is 1. The molecule has 0 bridgehead atoms. The summed E-state index contributed by atoms with van der Waals surface area (Å²) in [5, 5.41) is 3.49. The fourth-order valence-electron chi connectivity index (χ4n) is 1.69. The molecular weight excluding hydrogens is 274 g/mol. The highest BCUT2D eigenvalue weighted by molar-refractivity contribution is 7.99. The Morgan fingerprint density at radius 2 is 2.10 bits per heavy atom. The molecule has 0 aliphatic rings. The zero-order valence-corrected chi connectivity index (χ0v) is 12.3.